The first kappa shape index (κ1) is 19.5. The minimum atomic E-state index is -1.71. The summed E-state index contributed by atoms with van der Waals surface area (Å²) < 4.78 is 5.77. The van der Waals surface area contributed by atoms with Crippen LogP contribution in [-0.2, 0) is 15.1 Å². The van der Waals surface area contributed by atoms with Crippen molar-refractivity contribution in [1.82, 2.24) is 4.90 Å². The van der Waals surface area contributed by atoms with Crippen molar-refractivity contribution in [1.29, 1.82) is 0 Å². The van der Waals surface area contributed by atoms with Gasteiger partial charge in [0.15, 0.2) is 0 Å². The van der Waals surface area contributed by atoms with E-state index < -0.39 is 11.6 Å². The van der Waals surface area contributed by atoms with Crippen molar-refractivity contribution in [3.05, 3.63) is 44.8 Å². The Kier molecular flexibility index (Phi) is 6.47. The summed E-state index contributed by atoms with van der Waals surface area (Å²) in [5.74, 6) is -0.568. The van der Waals surface area contributed by atoms with Gasteiger partial charge in [0, 0.05) is 19.1 Å². The maximum atomic E-state index is 13.0. The molecule has 0 amide bonds. The Hall–Kier alpha value is -1.25. The van der Waals surface area contributed by atoms with Crippen LogP contribution in [0.1, 0.15) is 35.4 Å². The summed E-state index contributed by atoms with van der Waals surface area (Å²) in [5, 5.41) is 15.0. The maximum absolute atomic E-state index is 13.0. The number of nitrogens with two attached hydrogens (primary N) is 1. The fourth-order valence-corrected chi connectivity index (χ4v) is 5.23. The van der Waals surface area contributed by atoms with Gasteiger partial charge in [-0.2, -0.15) is 0 Å². The van der Waals surface area contributed by atoms with Crippen LogP contribution in [0.2, 0.25) is 0 Å². The highest BCUT2D eigenvalue weighted by Gasteiger charge is 2.45. The van der Waals surface area contributed by atoms with E-state index in [4.69, 9.17) is 10.5 Å². The molecule has 1 aliphatic carbocycles. The molecule has 0 aromatic carbocycles. The average molecular weight is 395 g/mol. The number of thiophene rings is 2. The van der Waals surface area contributed by atoms with Gasteiger partial charge in [0.2, 0.25) is 5.60 Å². The summed E-state index contributed by atoms with van der Waals surface area (Å²) in [5.41, 5.74) is 3.92. The Morgan fingerprint density at radius 1 is 1.23 bits per heavy atom. The molecule has 2 heterocycles. The van der Waals surface area contributed by atoms with Crippen LogP contribution in [0, 0.1) is 0 Å². The molecule has 26 heavy (non-hydrogen) atoms. The molecule has 0 unspecified atom stereocenters. The van der Waals surface area contributed by atoms with Crippen molar-refractivity contribution >= 4 is 28.6 Å². The van der Waals surface area contributed by atoms with Gasteiger partial charge in [-0.25, -0.2) is 4.79 Å². The monoisotopic (exact) mass is 394 g/mol. The fourth-order valence-electron chi connectivity index (χ4n) is 3.52. The first-order chi connectivity index (χ1) is 12.6. The van der Waals surface area contributed by atoms with E-state index in [0.717, 1.165) is 32.2 Å². The topological polar surface area (TPSA) is 75.8 Å². The second kappa shape index (κ2) is 8.63. The zero-order valence-electron chi connectivity index (χ0n) is 15.0. The number of nitrogens with zero attached hydrogens (tertiary/aromatic N) is 1. The Labute approximate surface area is 162 Å². The highest BCUT2D eigenvalue weighted by Crippen LogP contribution is 2.38. The number of likely N-dealkylation sites (N-methyl/N-ethyl adjacent to an activating group) is 1. The van der Waals surface area contributed by atoms with Crippen LogP contribution in [0.15, 0.2) is 35.0 Å². The van der Waals surface area contributed by atoms with Crippen molar-refractivity contribution in [2.45, 2.75) is 43.4 Å². The van der Waals surface area contributed by atoms with Crippen molar-refractivity contribution in [2.24, 2.45) is 5.73 Å². The third-order valence-corrected chi connectivity index (χ3v) is 7.03. The molecular weight excluding hydrogens is 368 g/mol. The van der Waals surface area contributed by atoms with E-state index in [1.807, 2.05) is 22.9 Å². The summed E-state index contributed by atoms with van der Waals surface area (Å²) in [7, 11) is 2.09. The minimum absolute atomic E-state index is 0.142. The normalized spacial score (nSPS) is 21.1. The van der Waals surface area contributed by atoms with Crippen LogP contribution in [0.25, 0.3) is 0 Å². The number of carbonyl (C=O) groups excluding carboxylic acids is 1. The highest BCUT2D eigenvalue weighted by atomic mass is 32.1. The Morgan fingerprint density at radius 2 is 1.81 bits per heavy atom. The van der Waals surface area contributed by atoms with Gasteiger partial charge in [0.05, 0.1) is 9.75 Å². The van der Waals surface area contributed by atoms with Crippen LogP contribution < -0.4 is 5.73 Å². The molecule has 1 aliphatic rings. The number of carbonyl (C=O) groups is 1. The lowest BCUT2D eigenvalue weighted by molar-refractivity contribution is -0.169. The van der Waals surface area contributed by atoms with E-state index in [1.54, 1.807) is 12.1 Å². The summed E-state index contributed by atoms with van der Waals surface area (Å²) in [6, 6.07) is 7.73. The predicted molar refractivity (Wildman–Crippen MR) is 105 cm³/mol. The van der Waals surface area contributed by atoms with Gasteiger partial charge in [0.1, 0.15) is 6.10 Å². The first-order valence-electron chi connectivity index (χ1n) is 8.97. The zero-order valence-corrected chi connectivity index (χ0v) is 16.6. The lowest BCUT2D eigenvalue weighted by atomic mass is 9.91. The number of esters is 1. The molecule has 0 aliphatic heterocycles. The number of aliphatic hydroxyl groups is 1. The minimum Gasteiger partial charge on any atom is -0.460 e. The molecule has 2 aromatic rings. The summed E-state index contributed by atoms with van der Waals surface area (Å²) in [4.78, 5) is 16.4. The van der Waals surface area contributed by atoms with E-state index in [1.165, 1.54) is 22.7 Å². The average Bonchev–Trinajstić information content (AvgIpc) is 3.36. The molecule has 1 fully saturated rings. The number of rotatable bonds is 7. The Balaban J connectivity index is 1.67. The first-order valence-corrected chi connectivity index (χ1v) is 10.7. The molecule has 3 rings (SSSR count). The fraction of sp³-hybridized carbons (Fsp3) is 0.526. The summed E-state index contributed by atoms with van der Waals surface area (Å²) in [6.07, 6.45) is 3.44. The van der Waals surface area contributed by atoms with Gasteiger partial charge in [-0.15, -0.1) is 22.7 Å². The summed E-state index contributed by atoms with van der Waals surface area (Å²) in [6.45, 7) is 1.53. The van der Waals surface area contributed by atoms with Gasteiger partial charge in [-0.3, -0.25) is 0 Å². The molecular formula is C19H26N2O3S2. The Bertz CT molecular complexity index is 645. The van der Waals surface area contributed by atoms with Crippen LogP contribution in [0.4, 0.5) is 0 Å². The van der Waals surface area contributed by atoms with Crippen molar-refractivity contribution < 1.29 is 14.6 Å². The molecule has 142 valence electrons. The number of hydrogen-bond acceptors (Lipinski definition) is 7. The smallest absolute Gasteiger partial charge is 0.349 e. The number of ether oxygens (including phenoxy) is 1. The van der Waals surface area contributed by atoms with Gasteiger partial charge >= 0.3 is 5.97 Å². The second-order valence-corrected chi connectivity index (χ2v) is 8.67. The molecule has 0 atom stereocenters. The molecule has 3 N–H and O–H groups in total. The second-order valence-electron chi connectivity index (χ2n) is 6.77. The van der Waals surface area contributed by atoms with Gasteiger partial charge in [-0.05, 0) is 55.6 Å². The van der Waals surface area contributed by atoms with Gasteiger partial charge < -0.3 is 20.5 Å². The predicted octanol–water partition coefficient (Wildman–Crippen LogP) is 2.79. The van der Waals surface area contributed by atoms with E-state index in [9.17, 15) is 9.90 Å². The quantitative estimate of drug-likeness (QED) is 0.706. The largest absolute Gasteiger partial charge is 0.460 e. The van der Waals surface area contributed by atoms with E-state index >= 15 is 0 Å². The SMILES string of the molecule is CN(CCN)C1CCC(OC(=O)C(O)(c2cccs2)c2cccs2)CC1. The molecule has 5 nitrogen and oxygen atoms in total. The molecule has 0 radical (unpaired) electrons. The van der Waals surface area contributed by atoms with E-state index in [-0.39, 0.29) is 6.10 Å². The van der Waals surface area contributed by atoms with Gasteiger partial charge in [0.25, 0.3) is 0 Å². The van der Waals surface area contributed by atoms with E-state index in [2.05, 4.69) is 11.9 Å². The van der Waals surface area contributed by atoms with Crippen LogP contribution in [-0.4, -0.2) is 48.3 Å². The molecule has 0 saturated heterocycles. The molecule has 2 aromatic heterocycles. The molecule has 1 saturated carbocycles. The van der Waals surface area contributed by atoms with Crippen molar-refractivity contribution in [3.63, 3.8) is 0 Å². The maximum Gasteiger partial charge on any atom is 0.349 e. The standard InChI is InChI=1S/C19H26N2O3S2/c1-21(11-10-20)14-6-8-15(9-7-14)24-18(22)19(23,16-4-2-12-25-16)17-5-3-13-26-17/h2-5,12-15,23H,6-11,20H2,1H3. The third kappa shape index (κ3) is 4.02. The lowest BCUT2D eigenvalue weighted by Gasteiger charge is -2.35. The van der Waals surface area contributed by atoms with Crippen molar-refractivity contribution in [3.8, 4) is 0 Å². The van der Waals surface area contributed by atoms with E-state index in [0.29, 0.717) is 22.3 Å². The zero-order chi connectivity index (χ0) is 18.6. The number of hydrogen-bond donors (Lipinski definition) is 2. The van der Waals surface area contributed by atoms with Gasteiger partial charge in [-0.1, -0.05) is 12.1 Å². The van der Waals surface area contributed by atoms with Crippen LogP contribution >= 0.6 is 22.7 Å². The third-order valence-electron chi connectivity index (χ3n) is 5.07. The van der Waals surface area contributed by atoms with Crippen LogP contribution in [0.3, 0.4) is 0 Å². The molecule has 0 bridgehead atoms. The molecule has 7 heteroatoms. The summed E-state index contributed by atoms with van der Waals surface area (Å²) >= 11 is 2.73. The lowest BCUT2D eigenvalue weighted by Crippen LogP contribution is -2.42. The van der Waals surface area contributed by atoms with Crippen LogP contribution in [0.5, 0.6) is 0 Å². The van der Waals surface area contributed by atoms with Crippen molar-refractivity contribution in [2.75, 3.05) is 20.1 Å². The molecule has 0 spiro atoms. The Morgan fingerprint density at radius 3 is 2.27 bits per heavy atom. The highest BCUT2D eigenvalue weighted by molar-refractivity contribution is 7.12.